The van der Waals surface area contributed by atoms with Gasteiger partial charge in [0, 0.05) is 13.1 Å². The standard InChI is InChI=1S/C12H21N3O2/c1-12(5-2-3-7-14-12)11(17)15-8-4-6-13-10(16)9-15/h14H,2-9H2,1H3,(H,13,16). The summed E-state index contributed by atoms with van der Waals surface area (Å²) in [6.07, 6.45) is 3.91. The molecule has 2 saturated heterocycles. The highest BCUT2D eigenvalue weighted by molar-refractivity contribution is 5.90. The SMILES string of the molecule is CC1(C(=O)N2CCCNC(=O)C2)CCCCN1. The Kier molecular flexibility index (Phi) is 3.66. The Morgan fingerprint density at radius 3 is 2.82 bits per heavy atom. The molecule has 0 spiro atoms. The zero-order valence-corrected chi connectivity index (χ0v) is 10.4. The van der Waals surface area contributed by atoms with Crippen molar-refractivity contribution in [2.45, 2.75) is 38.1 Å². The Morgan fingerprint density at radius 2 is 2.12 bits per heavy atom. The van der Waals surface area contributed by atoms with Crippen LogP contribution in [-0.4, -0.2) is 48.4 Å². The third-order valence-electron chi connectivity index (χ3n) is 3.64. The molecule has 2 aliphatic heterocycles. The zero-order chi connectivity index (χ0) is 12.3. The third-order valence-corrected chi connectivity index (χ3v) is 3.64. The van der Waals surface area contributed by atoms with Gasteiger partial charge in [-0.2, -0.15) is 0 Å². The van der Waals surface area contributed by atoms with Gasteiger partial charge < -0.3 is 15.5 Å². The van der Waals surface area contributed by atoms with Gasteiger partial charge in [0.25, 0.3) is 0 Å². The Morgan fingerprint density at radius 1 is 1.29 bits per heavy atom. The summed E-state index contributed by atoms with van der Waals surface area (Å²) in [7, 11) is 0. The van der Waals surface area contributed by atoms with E-state index in [1.54, 1.807) is 4.90 Å². The summed E-state index contributed by atoms with van der Waals surface area (Å²) in [6, 6.07) is 0. The molecule has 2 N–H and O–H groups in total. The number of piperidine rings is 1. The first kappa shape index (κ1) is 12.4. The number of rotatable bonds is 1. The fraction of sp³-hybridized carbons (Fsp3) is 0.833. The highest BCUT2D eigenvalue weighted by Crippen LogP contribution is 2.21. The van der Waals surface area contributed by atoms with Crippen molar-refractivity contribution < 1.29 is 9.59 Å². The van der Waals surface area contributed by atoms with Crippen LogP contribution in [0, 0.1) is 0 Å². The zero-order valence-electron chi connectivity index (χ0n) is 10.4. The number of nitrogens with one attached hydrogen (secondary N) is 2. The number of hydrogen-bond acceptors (Lipinski definition) is 3. The maximum absolute atomic E-state index is 12.5. The Bertz CT molecular complexity index is 311. The quantitative estimate of drug-likeness (QED) is 0.670. The first-order chi connectivity index (χ1) is 8.12. The van der Waals surface area contributed by atoms with E-state index in [4.69, 9.17) is 0 Å². The molecule has 0 aliphatic carbocycles. The molecule has 0 aromatic heterocycles. The minimum atomic E-state index is -0.469. The molecule has 1 atom stereocenters. The van der Waals surface area contributed by atoms with Crippen molar-refractivity contribution in [3.05, 3.63) is 0 Å². The monoisotopic (exact) mass is 239 g/mol. The topological polar surface area (TPSA) is 61.4 Å². The number of amides is 2. The van der Waals surface area contributed by atoms with Crippen molar-refractivity contribution in [1.82, 2.24) is 15.5 Å². The van der Waals surface area contributed by atoms with E-state index in [-0.39, 0.29) is 18.4 Å². The average molecular weight is 239 g/mol. The largest absolute Gasteiger partial charge is 0.354 e. The lowest BCUT2D eigenvalue weighted by Gasteiger charge is -2.37. The molecule has 2 aliphatic rings. The summed E-state index contributed by atoms with van der Waals surface area (Å²) in [5.41, 5.74) is -0.469. The molecule has 0 aromatic carbocycles. The predicted octanol–water partition coefficient (Wildman–Crippen LogP) is -0.133. The molecule has 2 fully saturated rings. The van der Waals surface area contributed by atoms with E-state index in [1.807, 2.05) is 6.92 Å². The number of hydrogen-bond donors (Lipinski definition) is 2. The molecule has 2 rings (SSSR count). The first-order valence-corrected chi connectivity index (χ1v) is 6.43. The Balaban J connectivity index is 2.04. The van der Waals surface area contributed by atoms with Gasteiger partial charge in [-0.3, -0.25) is 9.59 Å². The summed E-state index contributed by atoms with van der Waals surface area (Å²) < 4.78 is 0. The molecule has 2 heterocycles. The van der Waals surface area contributed by atoms with Crippen LogP contribution in [0.25, 0.3) is 0 Å². The van der Waals surface area contributed by atoms with Crippen LogP contribution in [0.1, 0.15) is 32.6 Å². The van der Waals surface area contributed by atoms with Gasteiger partial charge in [0.05, 0.1) is 12.1 Å². The molecular weight excluding hydrogens is 218 g/mol. The fourth-order valence-electron chi connectivity index (χ4n) is 2.57. The molecule has 0 aromatic rings. The van der Waals surface area contributed by atoms with Crippen molar-refractivity contribution in [1.29, 1.82) is 0 Å². The molecule has 0 radical (unpaired) electrons. The van der Waals surface area contributed by atoms with E-state index < -0.39 is 5.54 Å². The smallest absolute Gasteiger partial charge is 0.243 e. The van der Waals surface area contributed by atoms with Crippen LogP contribution in [0.5, 0.6) is 0 Å². The molecule has 0 saturated carbocycles. The average Bonchev–Trinajstić information content (AvgIpc) is 2.54. The van der Waals surface area contributed by atoms with E-state index in [9.17, 15) is 9.59 Å². The third kappa shape index (κ3) is 2.77. The van der Waals surface area contributed by atoms with Crippen LogP contribution >= 0.6 is 0 Å². The van der Waals surface area contributed by atoms with E-state index in [0.29, 0.717) is 13.1 Å². The van der Waals surface area contributed by atoms with Gasteiger partial charge >= 0.3 is 0 Å². The summed E-state index contributed by atoms with van der Waals surface area (Å²) in [5.74, 6) is 0.0320. The molecular formula is C12H21N3O2. The van der Waals surface area contributed by atoms with Crippen LogP contribution in [0.4, 0.5) is 0 Å². The highest BCUT2D eigenvalue weighted by Gasteiger charge is 2.38. The lowest BCUT2D eigenvalue weighted by molar-refractivity contribution is -0.141. The van der Waals surface area contributed by atoms with E-state index in [1.165, 1.54) is 0 Å². The summed E-state index contributed by atoms with van der Waals surface area (Å²) in [5, 5.41) is 6.10. The minimum absolute atomic E-state index is 0.0461. The molecule has 96 valence electrons. The lowest BCUT2D eigenvalue weighted by Crippen LogP contribution is -2.58. The van der Waals surface area contributed by atoms with Crippen LogP contribution in [0.15, 0.2) is 0 Å². The maximum atomic E-state index is 12.5. The van der Waals surface area contributed by atoms with E-state index in [2.05, 4.69) is 10.6 Å². The van der Waals surface area contributed by atoms with Crippen LogP contribution < -0.4 is 10.6 Å². The van der Waals surface area contributed by atoms with Crippen molar-refractivity contribution in [3.8, 4) is 0 Å². The van der Waals surface area contributed by atoms with Crippen LogP contribution in [-0.2, 0) is 9.59 Å². The van der Waals surface area contributed by atoms with Crippen LogP contribution in [0.2, 0.25) is 0 Å². The lowest BCUT2D eigenvalue weighted by atomic mass is 9.89. The number of carbonyl (C=O) groups is 2. The normalized spacial score (nSPS) is 30.6. The van der Waals surface area contributed by atoms with Crippen molar-refractivity contribution in [2.75, 3.05) is 26.2 Å². The highest BCUT2D eigenvalue weighted by atomic mass is 16.2. The fourth-order valence-corrected chi connectivity index (χ4v) is 2.57. The van der Waals surface area contributed by atoms with Gasteiger partial charge in [0.1, 0.15) is 0 Å². The minimum Gasteiger partial charge on any atom is -0.354 e. The Hall–Kier alpha value is -1.10. The van der Waals surface area contributed by atoms with E-state index >= 15 is 0 Å². The summed E-state index contributed by atoms with van der Waals surface area (Å²) in [4.78, 5) is 25.6. The van der Waals surface area contributed by atoms with Crippen molar-refractivity contribution in [2.24, 2.45) is 0 Å². The first-order valence-electron chi connectivity index (χ1n) is 6.43. The van der Waals surface area contributed by atoms with Gasteiger partial charge in [-0.1, -0.05) is 0 Å². The van der Waals surface area contributed by atoms with Gasteiger partial charge in [0.15, 0.2) is 0 Å². The van der Waals surface area contributed by atoms with Gasteiger partial charge in [0.2, 0.25) is 11.8 Å². The van der Waals surface area contributed by atoms with Crippen LogP contribution in [0.3, 0.4) is 0 Å². The molecule has 0 bridgehead atoms. The molecule has 2 amide bonds. The molecule has 5 nitrogen and oxygen atoms in total. The number of carbonyl (C=O) groups excluding carboxylic acids is 2. The molecule has 17 heavy (non-hydrogen) atoms. The van der Waals surface area contributed by atoms with Gasteiger partial charge in [-0.25, -0.2) is 0 Å². The summed E-state index contributed by atoms with van der Waals surface area (Å²) in [6.45, 7) is 4.40. The van der Waals surface area contributed by atoms with Gasteiger partial charge in [-0.15, -0.1) is 0 Å². The summed E-state index contributed by atoms with van der Waals surface area (Å²) >= 11 is 0. The second kappa shape index (κ2) is 5.04. The predicted molar refractivity (Wildman–Crippen MR) is 64.5 cm³/mol. The van der Waals surface area contributed by atoms with E-state index in [0.717, 1.165) is 32.2 Å². The number of nitrogens with zero attached hydrogens (tertiary/aromatic N) is 1. The van der Waals surface area contributed by atoms with Crippen molar-refractivity contribution >= 4 is 11.8 Å². The molecule has 5 heteroatoms. The Labute approximate surface area is 102 Å². The second-order valence-electron chi connectivity index (χ2n) is 5.15. The molecule has 1 unspecified atom stereocenters. The maximum Gasteiger partial charge on any atom is 0.243 e. The second-order valence-corrected chi connectivity index (χ2v) is 5.15. The van der Waals surface area contributed by atoms with Gasteiger partial charge in [-0.05, 0) is 39.2 Å². The van der Waals surface area contributed by atoms with Crippen molar-refractivity contribution in [3.63, 3.8) is 0 Å².